The summed E-state index contributed by atoms with van der Waals surface area (Å²) in [6.07, 6.45) is 2.01. The van der Waals surface area contributed by atoms with E-state index < -0.39 is 4.92 Å². The number of ether oxygens (including phenoxy) is 1. The number of benzene rings is 3. The molecule has 1 heterocycles. The van der Waals surface area contributed by atoms with Gasteiger partial charge in [0.1, 0.15) is 5.75 Å². The quantitative estimate of drug-likeness (QED) is 0.326. The number of nitrogens with one attached hydrogen (secondary N) is 2. The summed E-state index contributed by atoms with van der Waals surface area (Å²) >= 11 is 5.68. The predicted octanol–water partition coefficient (Wildman–Crippen LogP) is 4.58. The van der Waals surface area contributed by atoms with Crippen LogP contribution >= 0.6 is 12.2 Å². The van der Waals surface area contributed by atoms with E-state index in [1.165, 1.54) is 6.07 Å². The van der Waals surface area contributed by atoms with Crippen molar-refractivity contribution in [3.63, 3.8) is 0 Å². The molecule has 0 saturated heterocycles. The van der Waals surface area contributed by atoms with Crippen LogP contribution in [0.2, 0.25) is 0 Å². The summed E-state index contributed by atoms with van der Waals surface area (Å²) in [5, 5.41) is 16.9. The van der Waals surface area contributed by atoms with E-state index in [0.717, 1.165) is 28.1 Å². The van der Waals surface area contributed by atoms with Gasteiger partial charge in [-0.15, -0.1) is 0 Å². The first-order valence-electron chi connectivity index (χ1n) is 10.0. The molecule has 0 saturated carbocycles. The Morgan fingerprint density at radius 1 is 1.12 bits per heavy atom. The first kappa shape index (κ1) is 21.3. The van der Waals surface area contributed by atoms with E-state index >= 15 is 0 Å². The minimum atomic E-state index is -0.393. The summed E-state index contributed by atoms with van der Waals surface area (Å²) in [5.41, 5.74) is 7.07. The summed E-state index contributed by atoms with van der Waals surface area (Å²) in [6.45, 7) is 0.567. The second-order valence-corrected chi connectivity index (χ2v) is 7.62. The molecule has 3 aromatic carbocycles. The molecule has 0 unspecified atom stereocenters. The van der Waals surface area contributed by atoms with Crippen molar-refractivity contribution in [3.8, 4) is 5.75 Å². The zero-order valence-electron chi connectivity index (χ0n) is 17.4. The van der Waals surface area contributed by atoms with Crippen LogP contribution in [0.4, 0.5) is 5.69 Å². The van der Waals surface area contributed by atoms with Gasteiger partial charge in [-0.3, -0.25) is 20.5 Å². The topological polar surface area (TPSA) is 79.7 Å². The van der Waals surface area contributed by atoms with Gasteiger partial charge in [-0.05, 0) is 59.2 Å². The van der Waals surface area contributed by atoms with Crippen molar-refractivity contribution in [1.29, 1.82) is 0 Å². The fourth-order valence-corrected chi connectivity index (χ4v) is 3.74. The van der Waals surface area contributed by atoms with Crippen LogP contribution in [0.25, 0.3) is 5.70 Å². The third-order valence-corrected chi connectivity index (χ3v) is 5.51. The van der Waals surface area contributed by atoms with Crippen LogP contribution < -0.4 is 15.5 Å². The van der Waals surface area contributed by atoms with Gasteiger partial charge >= 0.3 is 0 Å². The van der Waals surface area contributed by atoms with E-state index in [9.17, 15) is 10.1 Å². The average Bonchev–Trinajstić information content (AvgIpc) is 3.29. The Hall–Kier alpha value is -3.91. The maximum atomic E-state index is 11.3. The highest BCUT2D eigenvalue weighted by Crippen LogP contribution is 2.33. The maximum Gasteiger partial charge on any atom is 0.269 e. The summed E-state index contributed by atoms with van der Waals surface area (Å²) in [7, 11) is 1.62. The molecule has 162 valence electrons. The maximum absolute atomic E-state index is 11.3. The Kier molecular flexibility index (Phi) is 6.32. The molecule has 1 aliphatic rings. The number of hydrogen-bond acceptors (Lipinski definition) is 5. The number of thiocarbonyl (C=S) groups is 1. The highest BCUT2D eigenvalue weighted by atomic mass is 32.1. The van der Waals surface area contributed by atoms with Gasteiger partial charge in [0.2, 0.25) is 0 Å². The first-order chi connectivity index (χ1) is 15.5. The summed E-state index contributed by atoms with van der Waals surface area (Å²) in [4.78, 5) is 10.9. The summed E-state index contributed by atoms with van der Waals surface area (Å²) in [5.74, 6) is 0.763. The van der Waals surface area contributed by atoms with E-state index in [4.69, 9.17) is 17.0 Å². The van der Waals surface area contributed by atoms with E-state index in [-0.39, 0.29) is 11.7 Å². The lowest BCUT2D eigenvalue weighted by atomic mass is 10.0. The molecule has 0 aliphatic carbocycles. The van der Waals surface area contributed by atoms with Gasteiger partial charge in [0.25, 0.3) is 5.69 Å². The van der Waals surface area contributed by atoms with Crippen molar-refractivity contribution in [2.24, 2.45) is 0 Å². The van der Waals surface area contributed by atoms with Crippen LogP contribution in [0.5, 0.6) is 5.75 Å². The van der Waals surface area contributed by atoms with Gasteiger partial charge in [0.05, 0.1) is 23.8 Å². The molecule has 1 aliphatic heterocycles. The van der Waals surface area contributed by atoms with Crippen LogP contribution in [-0.4, -0.2) is 22.2 Å². The lowest BCUT2D eigenvalue weighted by molar-refractivity contribution is -0.384. The van der Waals surface area contributed by atoms with Crippen molar-refractivity contribution < 1.29 is 9.66 Å². The van der Waals surface area contributed by atoms with E-state index in [0.29, 0.717) is 11.7 Å². The van der Waals surface area contributed by atoms with Crippen LogP contribution in [0.1, 0.15) is 22.7 Å². The largest absolute Gasteiger partial charge is 0.497 e. The van der Waals surface area contributed by atoms with E-state index in [2.05, 4.69) is 10.7 Å². The van der Waals surface area contributed by atoms with Gasteiger partial charge < -0.3 is 10.1 Å². The summed E-state index contributed by atoms with van der Waals surface area (Å²) < 4.78 is 5.25. The molecule has 0 radical (unpaired) electrons. The second-order valence-electron chi connectivity index (χ2n) is 7.23. The number of nitro groups is 1. The molecule has 3 aromatic rings. The van der Waals surface area contributed by atoms with Crippen molar-refractivity contribution in [3.05, 3.63) is 112 Å². The van der Waals surface area contributed by atoms with Crippen molar-refractivity contribution >= 4 is 28.7 Å². The molecule has 1 atom stereocenters. The Morgan fingerprint density at radius 3 is 2.56 bits per heavy atom. The van der Waals surface area contributed by atoms with Gasteiger partial charge in [0, 0.05) is 18.7 Å². The van der Waals surface area contributed by atoms with Crippen LogP contribution in [0, 0.1) is 10.1 Å². The van der Waals surface area contributed by atoms with E-state index in [1.54, 1.807) is 19.2 Å². The SMILES string of the molecule is COc1ccc(C2=C[C@H](c3cccc([N+](=O)[O-])c3)N(C(=S)NCc3ccccc3)N2)cc1. The minimum Gasteiger partial charge on any atom is -0.497 e. The smallest absolute Gasteiger partial charge is 0.269 e. The summed E-state index contributed by atoms with van der Waals surface area (Å²) in [6, 6.07) is 23.9. The molecule has 0 aromatic heterocycles. The van der Waals surface area contributed by atoms with Gasteiger partial charge in [-0.25, -0.2) is 0 Å². The molecule has 0 amide bonds. The highest BCUT2D eigenvalue weighted by molar-refractivity contribution is 7.80. The number of nitro benzene ring substituents is 1. The third kappa shape index (κ3) is 4.70. The molecule has 0 spiro atoms. The number of hydrogen-bond donors (Lipinski definition) is 2. The van der Waals surface area contributed by atoms with Gasteiger partial charge in [-0.2, -0.15) is 0 Å². The molecule has 0 bridgehead atoms. The van der Waals surface area contributed by atoms with Crippen LogP contribution in [0.15, 0.2) is 84.9 Å². The highest BCUT2D eigenvalue weighted by Gasteiger charge is 2.29. The minimum absolute atomic E-state index is 0.0388. The average molecular weight is 447 g/mol. The molecule has 8 heteroatoms. The van der Waals surface area contributed by atoms with Gasteiger partial charge in [0.15, 0.2) is 5.11 Å². The molecular weight excluding hydrogens is 424 g/mol. The molecular formula is C24H22N4O3S. The van der Waals surface area contributed by atoms with Crippen LogP contribution in [0.3, 0.4) is 0 Å². The predicted molar refractivity (Wildman–Crippen MR) is 128 cm³/mol. The lowest BCUT2D eigenvalue weighted by Gasteiger charge is -2.28. The fourth-order valence-electron chi connectivity index (χ4n) is 3.50. The molecule has 7 nitrogen and oxygen atoms in total. The standard InChI is InChI=1S/C24H22N4O3S/c1-31-21-12-10-18(11-13-21)22-15-23(19-8-5-9-20(14-19)28(29)30)27(26-22)24(32)25-16-17-6-3-2-4-7-17/h2-15,23,26H,16H2,1H3,(H,25,32)/t23-/m1/s1. The Labute approximate surface area is 191 Å². The number of hydrazine groups is 1. The molecule has 0 fully saturated rings. The van der Waals surface area contributed by atoms with Crippen molar-refractivity contribution in [2.45, 2.75) is 12.6 Å². The number of non-ortho nitro benzene ring substituents is 1. The third-order valence-electron chi connectivity index (χ3n) is 5.17. The molecule has 4 rings (SSSR count). The van der Waals surface area contributed by atoms with Crippen molar-refractivity contribution in [2.75, 3.05) is 7.11 Å². The van der Waals surface area contributed by atoms with Crippen molar-refractivity contribution in [1.82, 2.24) is 15.8 Å². The van der Waals surface area contributed by atoms with E-state index in [1.807, 2.05) is 71.7 Å². The first-order valence-corrected chi connectivity index (χ1v) is 10.4. The molecule has 32 heavy (non-hydrogen) atoms. The lowest BCUT2D eigenvalue weighted by Crippen LogP contribution is -2.45. The van der Waals surface area contributed by atoms with Gasteiger partial charge in [-0.1, -0.05) is 42.5 Å². The monoisotopic (exact) mass is 446 g/mol. The number of nitrogens with zero attached hydrogens (tertiary/aromatic N) is 2. The Morgan fingerprint density at radius 2 is 1.88 bits per heavy atom. The fraction of sp³-hybridized carbons (Fsp3) is 0.125. The zero-order valence-corrected chi connectivity index (χ0v) is 18.2. The molecule has 2 N–H and O–H groups in total. The Balaban J connectivity index is 1.62. The Bertz CT molecular complexity index is 1150. The van der Waals surface area contributed by atoms with Crippen LogP contribution in [-0.2, 0) is 6.54 Å². The normalized spacial score (nSPS) is 15.0. The number of rotatable bonds is 6. The zero-order chi connectivity index (χ0) is 22.5. The second kappa shape index (κ2) is 9.49. The number of methoxy groups -OCH3 is 1.